The lowest BCUT2D eigenvalue weighted by Crippen LogP contribution is -2.08. The lowest BCUT2D eigenvalue weighted by atomic mass is 10.1. The number of nitrogens with zero attached hydrogens (tertiary/aromatic N) is 4. The van der Waals surface area contributed by atoms with E-state index in [4.69, 9.17) is 10.2 Å². The van der Waals surface area contributed by atoms with E-state index < -0.39 is 0 Å². The van der Waals surface area contributed by atoms with Crippen LogP contribution in [-0.2, 0) is 11.2 Å². The summed E-state index contributed by atoms with van der Waals surface area (Å²) in [4.78, 5) is 20.8. The molecular formula is C15H15N5O2. The second-order valence-electron chi connectivity index (χ2n) is 5.65. The van der Waals surface area contributed by atoms with Crippen LogP contribution in [0.2, 0.25) is 0 Å². The van der Waals surface area contributed by atoms with Crippen molar-refractivity contribution < 1.29 is 9.21 Å². The summed E-state index contributed by atoms with van der Waals surface area (Å²) in [6, 6.07) is 3.68. The molecule has 1 saturated carbocycles. The lowest BCUT2D eigenvalue weighted by Gasteiger charge is -2.04. The van der Waals surface area contributed by atoms with Gasteiger partial charge in [-0.15, -0.1) is 5.10 Å². The molecule has 22 heavy (non-hydrogen) atoms. The van der Waals surface area contributed by atoms with Gasteiger partial charge < -0.3 is 10.2 Å². The Morgan fingerprint density at radius 2 is 2.23 bits per heavy atom. The van der Waals surface area contributed by atoms with Gasteiger partial charge in [0.25, 0.3) is 0 Å². The van der Waals surface area contributed by atoms with Gasteiger partial charge in [-0.3, -0.25) is 4.79 Å². The van der Waals surface area contributed by atoms with E-state index in [1.165, 1.54) is 0 Å². The zero-order chi connectivity index (χ0) is 15.3. The van der Waals surface area contributed by atoms with Crippen molar-refractivity contribution in [2.45, 2.75) is 26.2 Å². The van der Waals surface area contributed by atoms with Crippen LogP contribution < -0.4 is 5.73 Å². The average Bonchev–Trinajstić information content (AvgIpc) is 3.13. The molecule has 0 radical (unpaired) electrons. The SMILES string of the molecule is Cc1ccc(-c2nc(CC(=O)C3CC3)cn3nc(N)nc23)o1. The third-order valence-corrected chi connectivity index (χ3v) is 3.75. The molecule has 0 aromatic carbocycles. The number of nitrogens with two attached hydrogens (primary N) is 1. The van der Waals surface area contributed by atoms with E-state index in [1.807, 2.05) is 19.1 Å². The molecule has 3 heterocycles. The Morgan fingerprint density at radius 1 is 1.41 bits per heavy atom. The van der Waals surface area contributed by atoms with Crippen LogP contribution in [-0.4, -0.2) is 25.4 Å². The summed E-state index contributed by atoms with van der Waals surface area (Å²) < 4.78 is 7.20. The molecule has 1 aliphatic carbocycles. The Bertz CT molecular complexity index is 875. The van der Waals surface area contributed by atoms with E-state index >= 15 is 0 Å². The van der Waals surface area contributed by atoms with Crippen LogP contribution in [0.4, 0.5) is 5.95 Å². The van der Waals surface area contributed by atoms with Gasteiger partial charge in [-0.05, 0) is 31.9 Å². The van der Waals surface area contributed by atoms with Gasteiger partial charge in [-0.25, -0.2) is 9.50 Å². The topological polar surface area (TPSA) is 99.3 Å². The highest BCUT2D eigenvalue weighted by atomic mass is 16.3. The first kappa shape index (κ1) is 13.0. The number of carbonyl (C=O) groups is 1. The Balaban J connectivity index is 1.83. The van der Waals surface area contributed by atoms with Crippen molar-refractivity contribution in [2.24, 2.45) is 5.92 Å². The van der Waals surface area contributed by atoms with Gasteiger partial charge in [0, 0.05) is 5.92 Å². The zero-order valence-corrected chi connectivity index (χ0v) is 12.1. The predicted molar refractivity (Wildman–Crippen MR) is 79.1 cm³/mol. The van der Waals surface area contributed by atoms with Gasteiger partial charge in [-0.1, -0.05) is 0 Å². The fourth-order valence-corrected chi connectivity index (χ4v) is 2.50. The number of fused-ring (bicyclic) bond motifs is 1. The number of aryl methyl sites for hydroxylation is 1. The number of nitrogen functional groups attached to an aromatic ring is 1. The highest BCUT2D eigenvalue weighted by Gasteiger charge is 2.30. The van der Waals surface area contributed by atoms with Crippen LogP contribution in [0.1, 0.15) is 24.3 Å². The van der Waals surface area contributed by atoms with Gasteiger partial charge in [0.05, 0.1) is 18.3 Å². The average molecular weight is 297 g/mol. The second-order valence-corrected chi connectivity index (χ2v) is 5.65. The van der Waals surface area contributed by atoms with E-state index in [9.17, 15) is 4.79 Å². The maximum absolute atomic E-state index is 12.0. The minimum atomic E-state index is 0.164. The number of furan rings is 1. The Hall–Kier alpha value is -2.70. The van der Waals surface area contributed by atoms with Crippen LogP contribution in [0.15, 0.2) is 22.7 Å². The highest BCUT2D eigenvalue weighted by Crippen LogP contribution is 2.31. The molecule has 3 aromatic rings. The van der Waals surface area contributed by atoms with E-state index in [0.717, 1.165) is 18.6 Å². The molecule has 0 unspecified atom stereocenters. The summed E-state index contributed by atoms with van der Waals surface area (Å²) in [5, 5.41) is 4.12. The second kappa shape index (κ2) is 4.66. The van der Waals surface area contributed by atoms with Crippen LogP contribution in [0.5, 0.6) is 0 Å². The molecule has 2 N–H and O–H groups in total. The molecular weight excluding hydrogens is 282 g/mol. The van der Waals surface area contributed by atoms with Gasteiger partial charge in [-0.2, -0.15) is 4.98 Å². The lowest BCUT2D eigenvalue weighted by molar-refractivity contribution is -0.119. The van der Waals surface area contributed by atoms with Crippen molar-refractivity contribution in [3.63, 3.8) is 0 Å². The first-order chi connectivity index (χ1) is 10.6. The van der Waals surface area contributed by atoms with Crippen molar-refractivity contribution in [3.05, 3.63) is 29.8 Å². The van der Waals surface area contributed by atoms with Crippen LogP contribution in [0, 0.1) is 12.8 Å². The third kappa shape index (κ3) is 2.24. The van der Waals surface area contributed by atoms with Crippen molar-refractivity contribution in [2.75, 3.05) is 5.73 Å². The molecule has 0 spiro atoms. The number of Topliss-reactive ketones (excluding diaryl/α,β-unsaturated/α-hetero) is 1. The molecule has 1 aliphatic rings. The highest BCUT2D eigenvalue weighted by molar-refractivity contribution is 5.85. The smallest absolute Gasteiger partial charge is 0.240 e. The van der Waals surface area contributed by atoms with Gasteiger partial charge in [0.1, 0.15) is 11.5 Å². The summed E-state index contributed by atoms with van der Waals surface area (Å²) in [5.74, 6) is 1.96. The summed E-state index contributed by atoms with van der Waals surface area (Å²) in [5.41, 5.74) is 7.41. The minimum absolute atomic E-state index is 0.164. The van der Waals surface area contributed by atoms with E-state index in [2.05, 4.69) is 15.1 Å². The first-order valence-electron chi connectivity index (χ1n) is 7.21. The summed E-state index contributed by atoms with van der Waals surface area (Å²) in [7, 11) is 0. The van der Waals surface area contributed by atoms with Crippen LogP contribution in [0.3, 0.4) is 0 Å². The third-order valence-electron chi connectivity index (χ3n) is 3.75. The normalized spacial score (nSPS) is 14.6. The number of carbonyl (C=O) groups excluding carboxylic acids is 1. The minimum Gasteiger partial charge on any atom is -0.460 e. The first-order valence-corrected chi connectivity index (χ1v) is 7.21. The summed E-state index contributed by atoms with van der Waals surface area (Å²) in [6.07, 6.45) is 3.98. The number of rotatable bonds is 4. The Morgan fingerprint density at radius 3 is 2.91 bits per heavy atom. The molecule has 1 fully saturated rings. The summed E-state index contributed by atoms with van der Waals surface area (Å²) in [6.45, 7) is 1.86. The monoisotopic (exact) mass is 297 g/mol. The molecule has 7 heteroatoms. The molecule has 0 amide bonds. The molecule has 0 aliphatic heterocycles. The van der Waals surface area contributed by atoms with Crippen LogP contribution >= 0.6 is 0 Å². The Labute approximate surface area is 126 Å². The van der Waals surface area contributed by atoms with Crippen molar-refractivity contribution in [1.82, 2.24) is 19.6 Å². The van der Waals surface area contributed by atoms with Crippen molar-refractivity contribution >= 4 is 17.4 Å². The van der Waals surface area contributed by atoms with E-state index in [1.54, 1.807) is 10.7 Å². The van der Waals surface area contributed by atoms with Crippen molar-refractivity contribution in [1.29, 1.82) is 0 Å². The molecule has 7 nitrogen and oxygen atoms in total. The number of hydrogen-bond acceptors (Lipinski definition) is 6. The zero-order valence-electron chi connectivity index (χ0n) is 12.1. The number of hydrogen-bond donors (Lipinski definition) is 1. The van der Waals surface area contributed by atoms with E-state index in [-0.39, 0.29) is 17.6 Å². The molecule has 0 saturated heterocycles. The fourth-order valence-electron chi connectivity index (χ4n) is 2.50. The molecule has 4 rings (SSSR count). The van der Waals surface area contributed by atoms with Gasteiger partial charge >= 0.3 is 0 Å². The van der Waals surface area contributed by atoms with Crippen LogP contribution in [0.25, 0.3) is 17.1 Å². The maximum atomic E-state index is 12.0. The Kier molecular flexibility index (Phi) is 2.75. The number of aromatic nitrogens is 4. The van der Waals surface area contributed by atoms with Gasteiger partial charge in [0.15, 0.2) is 17.1 Å². The molecule has 3 aromatic heterocycles. The molecule has 0 atom stereocenters. The van der Waals surface area contributed by atoms with E-state index in [0.29, 0.717) is 29.2 Å². The fraction of sp³-hybridized carbons (Fsp3) is 0.333. The standard InChI is InChI=1S/C15H15N5O2/c1-8-2-5-12(22-8)13-14-18-15(16)19-20(14)7-10(17-13)6-11(21)9-3-4-9/h2,5,7,9H,3-4,6H2,1H3,(H2,16,19). The largest absolute Gasteiger partial charge is 0.460 e. The number of ketones is 1. The summed E-state index contributed by atoms with van der Waals surface area (Å²) >= 11 is 0. The van der Waals surface area contributed by atoms with Crippen molar-refractivity contribution in [3.8, 4) is 11.5 Å². The maximum Gasteiger partial charge on any atom is 0.240 e. The predicted octanol–water partition coefficient (Wildman–Crippen LogP) is 1.80. The van der Waals surface area contributed by atoms with Gasteiger partial charge in [0.2, 0.25) is 5.95 Å². The molecule has 0 bridgehead atoms. The quantitative estimate of drug-likeness (QED) is 0.788. The number of anilines is 1. The molecule has 112 valence electrons.